The molecule has 316 valence electrons. The first kappa shape index (κ1) is 44.7. The number of aliphatic carboxylic acids is 1. The predicted molar refractivity (Wildman–Crippen MR) is 208 cm³/mol. The lowest BCUT2D eigenvalue weighted by molar-refractivity contribution is -0.140. The van der Waals surface area contributed by atoms with E-state index in [1.165, 1.54) is 33.0 Å². The normalized spacial score (nSPS) is 17.9. The van der Waals surface area contributed by atoms with E-state index in [2.05, 4.69) is 31.6 Å². The van der Waals surface area contributed by atoms with Crippen molar-refractivity contribution in [1.82, 2.24) is 41.0 Å². The molecule has 0 saturated carbocycles. The summed E-state index contributed by atoms with van der Waals surface area (Å²) in [5.74, 6) is -4.53. The number of aromatic nitrogens is 2. The maximum absolute atomic E-state index is 14.0. The van der Waals surface area contributed by atoms with Crippen LogP contribution in [0.25, 0.3) is 0 Å². The van der Waals surface area contributed by atoms with Gasteiger partial charge < -0.3 is 57.3 Å². The molecule has 1 saturated heterocycles. The molecule has 1 aromatic heterocycles. The van der Waals surface area contributed by atoms with Crippen molar-refractivity contribution in [3.05, 3.63) is 111 Å². The maximum atomic E-state index is 14.0. The summed E-state index contributed by atoms with van der Waals surface area (Å²) in [6.45, 7) is 2.26. The van der Waals surface area contributed by atoms with Gasteiger partial charge in [-0.25, -0.2) is 14.4 Å². The van der Waals surface area contributed by atoms with Crippen LogP contribution in [0.3, 0.4) is 0 Å². The summed E-state index contributed by atoms with van der Waals surface area (Å²) in [6, 6.07) is 7.79. The largest absolute Gasteiger partial charge is 0.508 e. The molecule has 4 rings (SSSR count). The van der Waals surface area contributed by atoms with E-state index in [4.69, 9.17) is 10.5 Å². The van der Waals surface area contributed by atoms with Crippen molar-refractivity contribution in [2.24, 2.45) is 5.73 Å². The van der Waals surface area contributed by atoms with E-state index in [1.54, 1.807) is 42.5 Å². The van der Waals surface area contributed by atoms with Gasteiger partial charge in [-0.1, -0.05) is 42.5 Å². The van der Waals surface area contributed by atoms with Crippen molar-refractivity contribution < 1.29 is 48.8 Å². The van der Waals surface area contributed by atoms with Crippen LogP contribution in [0.2, 0.25) is 0 Å². The van der Waals surface area contributed by atoms with E-state index in [0.29, 0.717) is 11.1 Å². The Morgan fingerprint density at radius 1 is 0.915 bits per heavy atom. The number of hydrogen-bond acceptors (Lipinski definition) is 12. The summed E-state index contributed by atoms with van der Waals surface area (Å²) >= 11 is 0. The molecule has 0 aliphatic carbocycles. The Hall–Kier alpha value is -7.00. The summed E-state index contributed by atoms with van der Waals surface area (Å²) < 4.78 is 6.62. The fourth-order valence-corrected chi connectivity index (χ4v) is 5.98. The number of amides is 6. The highest BCUT2D eigenvalue weighted by Crippen LogP contribution is 2.29. The van der Waals surface area contributed by atoms with Crippen molar-refractivity contribution in [3.8, 4) is 5.75 Å². The lowest BCUT2D eigenvalue weighted by atomic mass is 10.0. The molecule has 0 bridgehead atoms. The van der Waals surface area contributed by atoms with E-state index in [1.807, 2.05) is 0 Å². The fraction of sp³-hybridized carbons (Fsp3) is 0.368. The smallest absolute Gasteiger partial charge is 0.331 e. The van der Waals surface area contributed by atoms with Crippen molar-refractivity contribution in [2.45, 2.75) is 75.7 Å². The highest BCUT2D eigenvalue weighted by atomic mass is 16.5. The lowest BCUT2D eigenvalue weighted by Gasteiger charge is -2.34. The Labute approximate surface area is 336 Å². The number of carbonyl (C=O) groups is 6. The Bertz CT molecular complexity index is 2140. The fourth-order valence-electron chi connectivity index (χ4n) is 5.98. The minimum Gasteiger partial charge on any atom is -0.508 e. The average molecular weight is 822 g/mol. The molecule has 0 spiro atoms. The molecular formula is C38H47N9O12. The van der Waals surface area contributed by atoms with Crippen molar-refractivity contribution in [1.29, 1.82) is 0 Å². The zero-order valence-electron chi connectivity index (χ0n) is 32.3. The zero-order chi connectivity index (χ0) is 43.4. The second-order valence-corrected chi connectivity index (χ2v) is 13.7. The second-order valence-electron chi connectivity index (χ2n) is 13.7. The number of carbonyl (C=O) groups excluding carboxylic acids is 5. The summed E-state index contributed by atoms with van der Waals surface area (Å²) in [5, 5.41) is 42.2. The minimum atomic E-state index is -1.58. The number of hydrogen-bond donors (Lipinski definition) is 10. The molecule has 7 atom stereocenters. The van der Waals surface area contributed by atoms with Crippen LogP contribution >= 0.6 is 0 Å². The van der Waals surface area contributed by atoms with Gasteiger partial charge in [0.05, 0.1) is 12.6 Å². The number of carboxylic acids is 1. The average Bonchev–Trinajstić information content (AvgIpc) is 3.57. The highest BCUT2D eigenvalue weighted by Gasteiger charge is 2.37. The standard InChI is InChI=1S/C38H47N9O12/c1-20(41-37(57)43-27(36(55)56)16-22-7-5-4-6-8-22)32(52)45-31(33(53)40-19-25-17-28(49)35(59-25)47-14-13-29(50)44-38(47)58)21(2)46(3)34(54)26(42-30(51)18-39)15-23-9-11-24(48)12-10-23/h4-14,19-21,26-28,31,35,48-49H,15-18,39H2,1-3H3,(H,40,53)(H,42,51)(H,45,52)(H,55,56)(H2,41,43,57)(H,44,50,58). The first-order chi connectivity index (χ1) is 28.0. The number of likely N-dealkylation sites (N-methyl/N-ethyl adjacent to an activating group) is 1. The number of H-pyrrole nitrogens is 1. The lowest BCUT2D eigenvalue weighted by Crippen LogP contribution is -2.62. The van der Waals surface area contributed by atoms with Crippen molar-refractivity contribution >= 4 is 35.6 Å². The van der Waals surface area contributed by atoms with Crippen molar-refractivity contribution in [3.63, 3.8) is 0 Å². The van der Waals surface area contributed by atoms with Crippen LogP contribution in [-0.4, -0.2) is 115 Å². The molecular weight excluding hydrogens is 774 g/mol. The number of aliphatic hydroxyl groups is 1. The van der Waals surface area contributed by atoms with E-state index < -0.39 is 96.0 Å². The molecule has 2 heterocycles. The van der Waals surface area contributed by atoms with Gasteiger partial charge in [-0.15, -0.1) is 0 Å². The van der Waals surface area contributed by atoms with E-state index >= 15 is 0 Å². The number of phenolic OH excluding ortho intramolecular Hbond substituents is 1. The molecule has 21 heteroatoms. The topological polar surface area (TPSA) is 317 Å². The van der Waals surface area contributed by atoms with Crippen LogP contribution in [0.15, 0.2) is 88.4 Å². The van der Waals surface area contributed by atoms with Crippen LogP contribution < -0.4 is 43.6 Å². The second kappa shape index (κ2) is 20.4. The molecule has 1 fully saturated rings. The highest BCUT2D eigenvalue weighted by molar-refractivity contribution is 5.94. The summed E-state index contributed by atoms with van der Waals surface area (Å²) in [5.41, 5.74) is 5.17. The monoisotopic (exact) mass is 821 g/mol. The molecule has 0 radical (unpaired) electrons. The van der Waals surface area contributed by atoms with Crippen molar-refractivity contribution in [2.75, 3.05) is 13.6 Å². The molecule has 21 nitrogen and oxygen atoms in total. The number of urea groups is 1. The third kappa shape index (κ3) is 12.5. The molecule has 11 N–H and O–H groups in total. The number of benzene rings is 2. The number of phenols is 1. The van der Waals surface area contributed by atoms with E-state index in [9.17, 15) is 53.7 Å². The molecule has 6 amide bonds. The van der Waals surface area contributed by atoms with Gasteiger partial charge in [0.15, 0.2) is 0 Å². The summed E-state index contributed by atoms with van der Waals surface area (Å²) in [7, 11) is 1.33. The van der Waals surface area contributed by atoms with E-state index in [-0.39, 0.29) is 30.8 Å². The minimum absolute atomic E-state index is 0.00441. The Morgan fingerprint density at radius 3 is 2.19 bits per heavy atom. The molecule has 59 heavy (non-hydrogen) atoms. The Morgan fingerprint density at radius 2 is 1.56 bits per heavy atom. The van der Waals surface area contributed by atoms with Crippen LogP contribution in [0, 0.1) is 0 Å². The number of nitrogens with two attached hydrogens (primary N) is 1. The summed E-state index contributed by atoms with van der Waals surface area (Å²) in [4.78, 5) is 106. The van der Waals surface area contributed by atoms with Gasteiger partial charge in [0.2, 0.25) is 29.9 Å². The predicted octanol–water partition coefficient (Wildman–Crippen LogP) is -2.12. The Balaban J connectivity index is 1.54. The third-order valence-corrected chi connectivity index (χ3v) is 9.36. The molecule has 1 aliphatic heterocycles. The van der Waals surface area contributed by atoms with Gasteiger partial charge in [-0.2, -0.15) is 0 Å². The quantitative estimate of drug-likeness (QED) is 0.0698. The van der Waals surface area contributed by atoms with Crippen LogP contribution in [0.5, 0.6) is 5.75 Å². The molecule has 3 aromatic rings. The number of rotatable bonds is 17. The zero-order valence-corrected chi connectivity index (χ0v) is 32.3. The number of carboxylic acid groups (broad SMARTS) is 1. The maximum Gasteiger partial charge on any atom is 0.331 e. The van der Waals surface area contributed by atoms with Crippen LogP contribution in [0.4, 0.5) is 4.79 Å². The first-order valence-electron chi connectivity index (χ1n) is 18.3. The van der Waals surface area contributed by atoms with Gasteiger partial charge in [-0.05, 0) is 37.1 Å². The summed E-state index contributed by atoms with van der Waals surface area (Å²) in [6.07, 6.45) is -0.613. The van der Waals surface area contributed by atoms with Gasteiger partial charge in [-0.3, -0.25) is 33.5 Å². The van der Waals surface area contributed by atoms with Gasteiger partial charge in [0, 0.05) is 44.8 Å². The SMILES string of the molecule is CC(NC(=O)NC(Cc1ccccc1)C(=O)O)C(=O)NC(C(=O)NC=C1CC(O)C(n2ccc(=O)[nH]c2=O)O1)C(C)N(C)C(=O)C(Cc1ccc(O)cc1)NC(=O)CN. The first-order valence-corrected chi connectivity index (χ1v) is 18.3. The number of nitrogens with zero attached hydrogens (tertiary/aromatic N) is 2. The molecule has 2 aromatic carbocycles. The van der Waals surface area contributed by atoms with Gasteiger partial charge in [0.1, 0.15) is 41.8 Å². The number of ether oxygens (including phenoxy) is 1. The molecule has 1 aliphatic rings. The van der Waals surface area contributed by atoms with Crippen LogP contribution in [0.1, 0.15) is 37.6 Å². The molecule has 7 unspecified atom stereocenters. The number of aromatic hydroxyl groups is 1. The number of nitrogens with one attached hydrogen (secondary N) is 6. The number of aliphatic hydroxyl groups excluding tert-OH is 1. The van der Waals surface area contributed by atoms with E-state index in [0.717, 1.165) is 27.9 Å². The number of aromatic amines is 1. The van der Waals surface area contributed by atoms with Gasteiger partial charge >= 0.3 is 17.7 Å². The van der Waals surface area contributed by atoms with Gasteiger partial charge in [0.25, 0.3) is 5.56 Å². The third-order valence-electron chi connectivity index (χ3n) is 9.36. The van der Waals surface area contributed by atoms with Crippen LogP contribution in [-0.2, 0) is 41.6 Å². The Kier molecular flexibility index (Phi) is 15.5.